The molecule has 0 aliphatic carbocycles. The van der Waals surface area contributed by atoms with E-state index in [4.69, 9.17) is 0 Å². The zero-order valence-corrected chi connectivity index (χ0v) is 14.2. The molecule has 0 atom stereocenters. The Kier molecular flexibility index (Phi) is 4.64. The van der Waals surface area contributed by atoms with E-state index in [0.717, 1.165) is 12.1 Å². The molecule has 0 bridgehead atoms. The molecule has 2 aromatic carbocycles. The summed E-state index contributed by atoms with van der Waals surface area (Å²) >= 11 is 1.26. The molecular formula is C17H12F3N3O2S. The van der Waals surface area contributed by atoms with Crippen molar-refractivity contribution in [2.45, 2.75) is 6.18 Å². The lowest BCUT2D eigenvalue weighted by atomic mass is 10.1. The van der Waals surface area contributed by atoms with Gasteiger partial charge in [-0.15, -0.1) is 11.3 Å². The summed E-state index contributed by atoms with van der Waals surface area (Å²) in [6.07, 6.45) is -4.39. The minimum atomic E-state index is -4.39. The standard InChI is InChI=1S/C17H12F3N3O2S/c1-21-14-7-6-12(23(24)25)8-13(14)16-22-15(9-26-16)10-2-4-11(5-3-10)17(18,19)20/h2-9,21H,1H3. The van der Waals surface area contributed by atoms with Crippen molar-refractivity contribution in [2.75, 3.05) is 12.4 Å². The van der Waals surface area contributed by atoms with E-state index in [-0.39, 0.29) is 5.69 Å². The number of hydrogen-bond acceptors (Lipinski definition) is 5. The molecule has 1 N–H and O–H groups in total. The number of nitrogens with zero attached hydrogens (tertiary/aromatic N) is 2. The number of nitro groups is 1. The summed E-state index contributed by atoms with van der Waals surface area (Å²) in [5.41, 5.74) is 1.48. The molecule has 0 unspecified atom stereocenters. The minimum absolute atomic E-state index is 0.0646. The van der Waals surface area contributed by atoms with Crippen LogP contribution >= 0.6 is 11.3 Å². The van der Waals surface area contributed by atoms with Crippen LogP contribution in [0.15, 0.2) is 47.8 Å². The van der Waals surface area contributed by atoms with Crippen LogP contribution in [0.3, 0.4) is 0 Å². The third-order valence-corrected chi connectivity index (χ3v) is 4.60. The Morgan fingerprint density at radius 3 is 2.42 bits per heavy atom. The first-order valence-electron chi connectivity index (χ1n) is 7.39. The van der Waals surface area contributed by atoms with Crippen LogP contribution in [-0.2, 0) is 6.18 Å². The number of nitro benzene ring substituents is 1. The van der Waals surface area contributed by atoms with E-state index in [1.54, 1.807) is 18.5 Å². The zero-order chi connectivity index (χ0) is 18.9. The quantitative estimate of drug-likeness (QED) is 0.484. The number of non-ortho nitro benzene ring substituents is 1. The average molecular weight is 379 g/mol. The summed E-state index contributed by atoms with van der Waals surface area (Å²) in [5, 5.41) is 16.2. The molecule has 0 aliphatic rings. The molecule has 0 radical (unpaired) electrons. The summed E-state index contributed by atoms with van der Waals surface area (Å²) in [6.45, 7) is 0. The van der Waals surface area contributed by atoms with Crippen LogP contribution in [-0.4, -0.2) is 17.0 Å². The van der Waals surface area contributed by atoms with Gasteiger partial charge in [-0.1, -0.05) is 12.1 Å². The molecule has 0 aliphatic heterocycles. The molecule has 26 heavy (non-hydrogen) atoms. The first-order chi connectivity index (χ1) is 12.3. The van der Waals surface area contributed by atoms with E-state index in [0.29, 0.717) is 27.5 Å². The lowest BCUT2D eigenvalue weighted by Crippen LogP contribution is -2.03. The molecule has 134 valence electrons. The molecule has 3 aromatic rings. The van der Waals surface area contributed by atoms with E-state index in [1.807, 2.05) is 0 Å². The smallest absolute Gasteiger partial charge is 0.388 e. The first kappa shape index (κ1) is 17.9. The maximum Gasteiger partial charge on any atom is 0.416 e. The van der Waals surface area contributed by atoms with Gasteiger partial charge in [0, 0.05) is 41.4 Å². The average Bonchev–Trinajstić information content (AvgIpc) is 3.10. The van der Waals surface area contributed by atoms with Crippen LogP contribution in [0, 0.1) is 10.1 Å². The van der Waals surface area contributed by atoms with Crippen molar-refractivity contribution in [1.29, 1.82) is 0 Å². The predicted molar refractivity (Wildman–Crippen MR) is 94.2 cm³/mol. The largest absolute Gasteiger partial charge is 0.416 e. The SMILES string of the molecule is CNc1ccc([N+](=O)[O-])cc1-c1nc(-c2ccc(C(F)(F)F)cc2)cs1. The third kappa shape index (κ3) is 3.52. The van der Waals surface area contributed by atoms with E-state index in [9.17, 15) is 23.3 Å². The minimum Gasteiger partial charge on any atom is -0.388 e. The monoisotopic (exact) mass is 379 g/mol. The van der Waals surface area contributed by atoms with Gasteiger partial charge in [-0.05, 0) is 18.2 Å². The Balaban J connectivity index is 1.98. The molecule has 9 heteroatoms. The molecule has 0 fully saturated rings. The third-order valence-electron chi connectivity index (χ3n) is 3.73. The van der Waals surface area contributed by atoms with Crippen molar-refractivity contribution < 1.29 is 18.1 Å². The van der Waals surface area contributed by atoms with Gasteiger partial charge in [-0.2, -0.15) is 13.2 Å². The first-order valence-corrected chi connectivity index (χ1v) is 8.27. The van der Waals surface area contributed by atoms with Crippen LogP contribution in [0.1, 0.15) is 5.56 Å². The van der Waals surface area contributed by atoms with E-state index < -0.39 is 16.7 Å². The Morgan fingerprint density at radius 2 is 1.85 bits per heavy atom. The highest BCUT2D eigenvalue weighted by Crippen LogP contribution is 2.36. The van der Waals surface area contributed by atoms with Crippen LogP contribution < -0.4 is 5.32 Å². The number of nitrogens with one attached hydrogen (secondary N) is 1. The fourth-order valence-corrected chi connectivity index (χ4v) is 3.26. The van der Waals surface area contributed by atoms with Gasteiger partial charge in [0.1, 0.15) is 5.01 Å². The number of halogens is 3. The second-order valence-electron chi connectivity index (χ2n) is 5.35. The molecule has 3 rings (SSSR count). The lowest BCUT2D eigenvalue weighted by Gasteiger charge is -2.07. The summed E-state index contributed by atoms with van der Waals surface area (Å²) in [7, 11) is 1.69. The highest BCUT2D eigenvalue weighted by molar-refractivity contribution is 7.13. The zero-order valence-electron chi connectivity index (χ0n) is 13.4. The Labute approximate surface area is 150 Å². The van der Waals surface area contributed by atoms with Crippen molar-refractivity contribution in [3.05, 3.63) is 63.5 Å². The highest BCUT2D eigenvalue weighted by Gasteiger charge is 2.30. The highest BCUT2D eigenvalue weighted by atomic mass is 32.1. The summed E-state index contributed by atoms with van der Waals surface area (Å²) in [5.74, 6) is 0. The number of alkyl halides is 3. The summed E-state index contributed by atoms with van der Waals surface area (Å²) in [4.78, 5) is 14.9. The van der Waals surface area contributed by atoms with Gasteiger partial charge < -0.3 is 5.32 Å². The molecular weight excluding hydrogens is 367 g/mol. The van der Waals surface area contributed by atoms with Gasteiger partial charge in [0.15, 0.2) is 0 Å². The van der Waals surface area contributed by atoms with E-state index in [2.05, 4.69) is 10.3 Å². The van der Waals surface area contributed by atoms with Gasteiger partial charge >= 0.3 is 6.18 Å². The molecule has 0 saturated heterocycles. The predicted octanol–water partition coefficient (Wildman–Crippen LogP) is 5.45. The number of hydrogen-bond donors (Lipinski definition) is 1. The second kappa shape index (κ2) is 6.75. The van der Waals surface area contributed by atoms with Crippen molar-refractivity contribution in [3.8, 4) is 21.8 Å². The Bertz CT molecular complexity index is 953. The fraction of sp³-hybridized carbons (Fsp3) is 0.118. The van der Waals surface area contributed by atoms with Crippen LogP contribution in [0.4, 0.5) is 24.5 Å². The number of rotatable bonds is 4. The van der Waals surface area contributed by atoms with E-state index >= 15 is 0 Å². The van der Waals surface area contributed by atoms with Crippen molar-refractivity contribution in [3.63, 3.8) is 0 Å². The number of aromatic nitrogens is 1. The molecule has 1 aromatic heterocycles. The topological polar surface area (TPSA) is 68.1 Å². The Morgan fingerprint density at radius 1 is 1.15 bits per heavy atom. The van der Waals surface area contributed by atoms with Gasteiger partial charge in [-0.3, -0.25) is 10.1 Å². The van der Waals surface area contributed by atoms with Crippen LogP contribution in [0.25, 0.3) is 21.8 Å². The molecule has 5 nitrogen and oxygen atoms in total. The van der Waals surface area contributed by atoms with Gasteiger partial charge in [-0.25, -0.2) is 4.98 Å². The number of thiazole rings is 1. The molecule has 0 amide bonds. The summed E-state index contributed by atoms with van der Waals surface area (Å²) < 4.78 is 38.0. The second-order valence-corrected chi connectivity index (χ2v) is 6.21. The van der Waals surface area contributed by atoms with E-state index in [1.165, 1.54) is 35.6 Å². The fourth-order valence-electron chi connectivity index (χ4n) is 2.40. The van der Waals surface area contributed by atoms with Crippen LogP contribution in [0.5, 0.6) is 0 Å². The van der Waals surface area contributed by atoms with Gasteiger partial charge in [0.2, 0.25) is 0 Å². The van der Waals surface area contributed by atoms with Crippen LogP contribution in [0.2, 0.25) is 0 Å². The van der Waals surface area contributed by atoms with Crippen molar-refractivity contribution >= 4 is 22.7 Å². The van der Waals surface area contributed by atoms with Gasteiger partial charge in [0.25, 0.3) is 5.69 Å². The maximum absolute atomic E-state index is 12.7. The Hall–Kier alpha value is -2.94. The molecule has 0 spiro atoms. The summed E-state index contributed by atoms with van der Waals surface area (Å²) in [6, 6.07) is 9.11. The lowest BCUT2D eigenvalue weighted by molar-refractivity contribution is -0.384. The normalized spacial score (nSPS) is 11.4. The molecule has 1 heterocycles. The number of benzene rings is 2. The molecule has 0 saturated carbocycles. The van der Waals surface area contributed by atoms with Crippen molar-refractivity contribution in [1.82, 2.24) is 4.98 Å². The maximum atomic E-state index is 12.7. The van der Waals surface area contributed by atoms with Gasteiger partial charge in [0.05, 0.1) is 16.2 Å². The number of anilines is 1. The van der Waals surface area contributed by atoms with Crippen molar-refractivity contribution in [2.24, 2.45) is 0 Å².